The van der Waals surface area contributed by atoms with Crippen molar-refractivity contribution >= 4 is 23.6 Å². The molecular formula is C20H26ClN5O3. The number of piperazine rings is 1. The minimum atomic E-state index is -0.315. The first-order valence-corrected chi connectivity index (χ1v) is 10.5. The molecule has 1 N–H and O–H groups in total. The second-order valence-corrected chi connectivity index (χ2v) is 7.96. The molecule has 1 aromatic heterocycles. The molecule has 2 fully saturated rings. The molecule has 0 spiro atoms. The van der Waals surface area contributed by atoms with Crippen molar-refractivity contribution in [2.45, 2.75) is 25.5 Å². The maximum Gasteiger partial charge on any atom is 0.290 e. The Balaban J connectivity index is 1.38. The Morgan fingerprint density at radius 1 is 1.24 bits per heavy atom. The van der Waals surface area contributed by atoms with Crippen LogP contribution < -0.4 is 15.8 Å². The molecule has 0 aliphatic carbocycles. The zero-order valence-electron chi connectivity index (χ0n) is 16.3. The molecule has 0 saturated carbocycles. The number of aromatic nitrogens is 2. The van der Waals surface area contributed by atoms with Gasteiger partial charge in [-0.05, 0) is 25.3 Å². The van der Waals surface area contributed by atoms with Gasteiger partial charge in [0.1, 0.15) is 11.3 Å². The van der Waals surface area contributed by atoms with Crippen molar-refractivity contribution in [3.63, 3.8) is 0 Å². The van der Waals surface area contributed by atoms with E-state index in [1.54, 1.807) is 6.20 Å². The van der Waals surface area contributed by atoms with Crippen LogP contribution >= 0.6 is 11.6 Å². The van der Waals surface area contributed by atoms with Crippen LogP contribution in [-0.2, 0) is 9.53 Å². The van der Waals surface area contributed by atoms with Gasteiger partial charge in [-0.25, -0.2) is 0 Å². The summed E-state index contributed by atoms with van der Waals surface area (Å²) in [4.78, 5) is 28.0. The van der Waals surface area contributed by atoms with Gasteiger partial charge in [-0.15, -0.1) is 0 Å². The fourth-order valence-electron chi connectivity index (χ4n) is 3.90. The molecular weight excluding hydrogens is 394 g/mol. The monoisotopic (exact) mass is 419 g/mol. The van der Waals surface area contributed by atoms with Gasteiger partial charge in [-0.2, -0.15) is 9.78 Å². The molecule has 4 rings (SSSR count). The molecule has 29 heavy (non-hydrogen) atoms. The number of anilines is 1. The first kappa shape index (κ1) is 20.1. The van der Waals surface area contributed by atoms with Gasteiger partial charge in [-0.1, -0.05) is 17.7 Å². The molecule has 0 amide bonds. The van der Waals surface area contributed by atoms with E-state index in [4.69, 9.17) is 16.3 Å². The first-order valence-electron chi connectivity index (χ1n) is 10.1. The van der Waals surface area contributed by atoms with Crippen molar-refractivity contribution in [2.75, 3.05) is 50.8 Å². The van der Waals surface area contributed by atoms with Gasteiger partial charge < -0.3 is 15.0 Å². The molecule has 3 aliphatic rings. The summed E-state index contributed by atoms with van der Waals surface area (Å²) in [6, 6.07) is 0. The summed E-state index contributed by atoms with van der Waals surface area (Å²) in [5.74, 6) is 0. The predicted octanol–water partition coefficient (Wildman–Crippen LogP) is 1.33. The van der Waals surface area contributed by atoms with Crippen molar-refractivity contribution in [1.82, 2.24) is 20.0 Å². The summed E-state index contributed by atoms with van der Waals surface area (Å²) in [6.45, 7) is 5.29. The lowest BCUT2D eigenvalue weighted by atomic mass is 10.1. The largest absolute Gasteiger partial charge is 0.383 e. The maximum absolute atomic E-state index is 12.7. The van der Waals surface area contributed by atoms with Gasteiger partial charge in [-0.3, -0.25) is 14.5 Å². The molecule has 0 aromatic carbocycles. The van der Waals surface area contributed by atoms with E-state index in [-0.39, 0.29) is 16.8 Å². The average molecular weight is 420 g/mol. The van der Waals surface area contributed by atoms with Gasteiger partial charge in [0, 0.05) is 57.1 Å². The van der Waals surface area contributed by atoms with Crippen molar-refractivity contribution in [3.05, 3.63) is 45.0 Å². The number of carbonyl (C=O) groups is 1. The van der Waals surface area contributed by atoms with Crippen LogP contribution in [0, 0.1) is 0 Å². The molecule has 9 heteroatoms. The van der Waals surface area contributed by atoms with Crippen LogP contribution in [0.3, 0.4) is 0 Å². The molecule has 0 radical (unpaired) electrons. The predicted molar refractivity (Wildman–Crippen MR) is 111 cm³/mol. The van der Waals surface area contributed by atoms with E-state index in [1.807, 2.05) is 12.2 Å². The highest BCUT2D eigenvalue weighted by Crippen LogP contribution is 2.25. The molecule has 4 heterocycles. The fraction of sp³-hybridized carbons (Fsp3) is 0.550. The highest BCUT2D eigenvalue weighted by molar-refractivity contribution is 6.33. The van der Waals surface area contributed by atoms with Crippen LogP contribution in [-0.4, -0.2) is 66.8 Å². The Kier molecular flexibility index (Phi) is 6.32. The Morgan fingerprint density at radius 2 is 2.07 bits per heavy atom. The summed E-state index contributed by atoms with van der Waals surface area (Å²) in [5, 5.41) is 7.85. The second kappa shape index (κ2) is 9.11. The molecule has 1 aromatic rings. The highest BCUT2D eigenvalue weighted by Gasteiger charge is 2.24. The van der Waals surface area contributed by atoms with E-state index in [0.717, 1.165) is 69.5 Å². The number of aldehydes is 1. The van der Waals surface area contributed by atoms with Gasteiger partial charge in [0.2, 0.25) is 0 Å². The van der Waals surface area contributed by atoms with Crippen molar-refractivity contribution in [2.24, 2.45) is 0 Å². The van der Waals surface area contributed by atoms with Crippen LogP contribution in [0.5, 0.6) is 0 Å². The molecule has 2 saturated heterocycles. The Bertz CT molecular complexity index is 867. The number of nitrogens with one attached hydrogen (secondary N) is 1. The normalized spacial score (nSPS) is 23.2. The van der Waals surface area contributed by atoms with E-state index < -0.39 is 0 Å². The SMILES string of the molecule is O=CC1=CC=C(CN2CCN(c3cnn(C4CCCCO4)c(=O)c3Cl)CC2)NC1. The smallest absolute Gasteiger partial charge is 0.290 e. The third-order valence-electron chi connectivity index (χ3n) is 5.63. The molecule has 1 atom stereocenters. The quantitative estimate of drug-likeness (QED) is 0.721. The lowest BCUT2D eigenvalue weighted by molar-refractivity contribution is -0.105. The number of dihydropyridines is 1. The highest BCUT2D eigenvalue weighted by atomic mass is 35.5. The van der Waals surface area contributed by atoms with Crippen LogP contribution in [0.2, 0.25) is 5.02 Å². The van der Waals surface area contributed by atoms with E-state index >= 15 is 0 Å². The number of carbonyl (C=O) groups excluding carboxylic acids is 1. The third-order valence-corrected chi connectivity index (χ3v) is 5.99. The number of hydrogen-bond acceptors (Lipinski definition) is 7. The van der Waals surface area contributed by atoms with E-state index in [2.05, 4.69) is 20.2 Å². The number of hydrogen-bond donors (Lipinski definition) is 1. The molecule has 0 bridgehead atoms. The van der Waals surface area contributed by atoms with Crippen molar-refractivity contribution < 1.29 is 9.53 Å². The number of halogens is 1. The standard InChI is InChI=1S/C20H26ClN5O3/c21-19-17(12-23-26(20(19)28)18-3-1-2-10-29-18)25-8-6-24(7-9-25)13-16-5-4-15(14-27)11-22-16/h4-5,12,14,18,22H,1-3,6-11,13H2. The number of nitrogens with zero attached hydrogens (tertiary/aromatic N) is 4. The number of allylic oxidation sites excluding steroid dienone is 2. The summed E-state index contributed by atoms with van der Waals surface area (Å²) < 4.78 is 7.05. The van der Waals surface area contributed by atoms with Gasteiger partial charge >= 0.3 is 0 Å². The first-order chi connectivity index (χ1) is 14.2. The van der Waals surface area contributed by atoms with E-state index in [1.165, 1.54) is 4.68 Å². The van der Waals surface area contributed by atoms with E-state index in [0.29, 0.717) is 18.8 Å². The Labute approximate surface area is 174 Å². The van der Waals surface area contributed by atoms with Crippen LogP contribution in [0.25, 0.3) is 0 Å². The Hall–Kier alpha value is -2.16. The molecule has 8 nitrogen and oxygen atoms in total. The zero-order valence-corrected chi connectivity index (χ0v) is 17.1. The average Bonchev–Trinajstić information content (AvgIpc) is 2.77. The topological polar surface area (TPSA) is 79.7 Å². The summed E-state index contributed by atoms with van der Waals surface area (Å²) in [6.07, 6.45) is 8.91. The van der Waals surface area contributed by atoms with Crippen LogP contribution in [0.1, 0.15) is 25.5 Å². The number of ether oxygens (including phenoxy) is 1. The zero-order chi connectivity index (χ0) is 20.2. The second-order valence-electron chi connectivity index (χ2n) is 7.58. The lowest BCUT2D eigenvalue weighted by Crippen LogP contribution is -2.48. The molecule has 3 aliphatic heterocycles. The van der Waals surface area contributed by atoms with E-state index in [9.17, 15) is 9.59 Å². The van der Waals surface area contributed by atoms with Gasteiger partial charge in [0.05, 0.1) is 11.9 Å². The van der Waals surface area contributed by atoms with Crippen molar-refractivity contribution in [3.8, 4) is 0 Å². The van der Waals surface area contributed by atoms with Crippen LogP contribution in [0.4, 0.5) is 5.69 Å². The third kappa shape index (κ3) is 4.55. The summed E-state index contributed by atoms with van der Waals surface area (Å²) in [7, 11) is 0. The molecule has 1 unspecified atom stereocenters. The summed E-state index contributed by atoms with van der Waals surface area (Å²) >= 11 is 6.43. The van der Waals surface area contributed by atoms with Crippen LogP contribution in [0.15, 0.2) is 34.4 Å². The maximum atomic E-state index is 12.7. The number of rotatable bonds is 5. The minimum Gasteiger partial charge on any atom is -0.383 e. The van der Waals surface area contributed by atoms with Crippen molar-refractivity contribution in [1.29, 1.82) is 0 Å². The summed E-state index contributed by atoms with van der Waals surface area (Å²) in [5.41, 5.74) is 2.28. The van der Waals surface area contributed by atoms with Gasteiger partial charge in [0.15, 0.2) is 6.23 Å². The lowest BCUT2D eigenvalue weighted by Gasteiger charge is -2.37. The minimum absolute atomic E-state index is 0.214. The Morgan fingerprint density at radius 3 is 2.72 bits per heavy atom. The fourth-order valence-corrected chi connectivity index (χ4v) is 4.15. The molecule has 156 valence electrons. The van der Waals surface area contributed by atoms with Gasteiger partial charge in [0.25, 0.3) is 5.56 Å².